The summed E-state index contributed by atoms with van der Waals surface area (Å²) < 4.78 is 0. The molecule has 2 aromatic rings. The number of benzene rings is 1. The molecule has 1 aromatic carbocycles. The Bertz CT molecular complexity index is 752. The number of fused-ring (bicyclic) bond motifs is 1. The maximum absolute atomic E-state index is 4.79. The molecule has 0 bridgehead atoms. The molecule has 5 nitrogen and oxygen atoms in total. The molecule has 0 saturated carbocycles. The van der Waals surface area contributed by atoms with Crippen LogP contribution in [-0.2, 0) is 13.1 Å². The van der Waals surface area contributed by atoms with E-state index >= 15 is 0 Å². The van der Waals surface area contributed by atoms with Gasteiger partial charge in [0.1, 0.15) is 0 Å². The first-order valence-electron chi connectivity index (χ1n) is 9.24. The minimum absolute atomic E-state index is 0.607. The highest BCUT2D eigenvalue weighted by Crippen LogP contribution is 2.28. The fourth-order valence-corrected chi connectivity index (χ4v) is 4.11. The smallest absolute Gasteiger partial charge is 0.227 e. The van der Waals surface area contributed by atoms with Gasteiger partial charge in [-0.15, -0.1) is 0 Å². The van der Waals surface area contributed by atoms with Crippen molar-refractivity contribution in [3.8, 4) is 0 Å². The Balaban J connectivity index is 1.48. The lowest BCUT2D eigenvalue weighted by atomic mass is 9.99. The van der Waals surface area contributed by atoms with Crippen LogP contribution >= 0.6 is 0 Å². The van der Waals surface area contributed by atoms with Gasteiger partial charge >= 0.3 is 0 Å². The quantitative estimate of drug-likeness (QED) is 0.900. The maximum Gasteiger partial charge on any atom is 0.227 e. The summed E-state index contributed by atoms with van der Waals surface area (Å²) in [5.74, 6) is 0.698. The van der Waals surface area contributed by atoms with Gasteiger partial charge in [0.05, 0.1) is 5.69 Å². The topological polar surface area (TPSA) is 53.1 Å². The first-order chi connectivity index (χ1) is 12.1. The Hall–Kier alpha value is -1.98. The number of hydrogen-bond donors (Lipinski definition) is 2. The van der Waals surface area contributed by atoms with Crippen LogP contribution < -0.4 is 10.6 Å². The number of nitrogens with zero attached hydrogens (tertiary/aromatic N) is 3. The molecule has 2 N–H and O–H groups in total. The van der Waals surface area contributed by atoms with Crippen LogP contribution in [0.15, 0.2) is 24.4 Å². The normalized spacial score (nSPS) is 23.5. The monoisotopic (exact) mass is 337 g/mol. The number of rotatable bonds is 3. The third-order valence-electron chi connectivity index (χ3n) is 5.27. The van der Waals surface area contributed by atoms with Gasteiger partial charge in [-0.25, -0.2) is 9.97 Å². The molecule has 1 fully saturated rings. The molecule has 0 spiro atoms. The summed E-state index contributed by atoms with van der Waals surface area (Å²) in [7, 11) is 0. The zero-order chi connectivity index (χ0) is 17.4. The SMILES string of the molecule is Cc1cc(C)cc(Nc2ncc3c(n2)CN([C@H]2CCN[C@@H](C)C2)C3)c1. The number of nitrogens with one attached hydrogen (secondary N) is 2. The molecule has 1 aromatic heterocycles. The van der Waals surface area contributed by atoms with Crippen molar-refractivity contribution in [1.82, 2.24) is 20.2 Å². The summed E-state index contributed by atoms with van der Waals surface area (Å²) in [6.07, 6.45) is 4.44. The van der Waals surface area contributed by atoms with Gasteiger partial charge in [0.15, 0.2) is 0 Å². The fraction of sp³-hybridized carbons (Fsp3) is 0.500. The molecule has 0 aliphatic carbocycles. The van der Waals surface area contributed by atoms with Crippen LogP contribution in [0, 0.1) is 13.8 Å². The summed E-state index contributed by atoms with van der Waals surface area (Å²) >= 11 is 0. The predicted octanol–water partition coefficient (Wildman–Crippen LogP) is 3.29. The number of piperidine rings is 1. The van der Waals surface area contributed by atoms with Crippen molar-refractivity contribution in [2.75, 3.05) is 11.9 Å². The number of hydrogen-bond acceptors (Lipinski definition) is 5. The van der Waals surface area contributed by atoms with Crippen molar-refractivity contribution >= 4 is 11.6 Å². The number of anilines is 2. The van der Waals surface area contributed by atoms with Crippen molar-refractivity contribution in [2.24, 2.45) is 0 Å². The van der Waals surface area contributed by atoms with E-state index in [4.69, 9.17) is 4.98 Å². The molecule has 5 heteroatoms. The fourth-order valence-electron chi connectivity index (χ4n) is 4.11. The lowest BCUT2D eigenvalue weighted by Gasteiger charge is -2.34. The van der Waals surface area contributed by atoms with Crippen LogP contribution in [0.2, 0.25) is 0 Å². The Morgan fingerprint density at radius 1 is 1.16 bits per heavy atom. The van der Waals surface area contributed by atoms with E-state index in [1.165, 1.54) is 35.2 Å². The first kappa shape index (κ1) is 16.5. The van der Waals surface area contributed by atoms with Gasteiger partial charge < -0.3 is 10.6 Å². The molecular formula is C20H27N5. The van der Waals surface area contributed by atoms with E-state index in [1.807, 2.05) is 6.20 Å². The predicted molar refractivity (Wildman–Crippen MR) is 101 cm³/mol. The zero-order valence-corrected chi connectivity index (χ0v) is 15.3. The Morgan fingerprint density at radius 2 is 1.96 bits per heavy atom. The maximum atomic E-state index is 4.79. The van der Waals surface area contributed by atoms with Crippen LogP contribution in [0.25, 0.3) is 0 Å². The van der Waals surface area contributed by atoms with E-state index in [0.717, 1.165) is 25.3 Å². The van der Waals surface area contributed by atoms with Crippen molar-refractivity contribution in [3.63, 3.8) is 0 Å². The summed E-state index contributed by atoms with van der Waals surface area (Å²) in [5.41, 5.74) is 5.99. The molecule has 1 saturated heterocycles. The minimum atomic E-state index is 0.607. The van der Waals surface area contributed by atoms with Crippen LogP contribution in [-0.4, -0.2) is 33.5 Å². The minimum Gasteiger partial charge on any atom is -0.324 e. The molecule has 0 radical (unpaired) electrons. The summed E-state index contributed by atoms with van der Waals surface area (Å²) in [6.45, 7) is 9.54. The Morgan fingerprint density at radius 3 is 2.72 bits per heavy atom. The average molecular weight is 337 g/mol. The Kier molecular flexibility index (Phi) is 4.44. The zero-order valence-electron chi connectivity index (χ0n) is 15.3. The van der Waals surface area contributed by atoms with Gasteiger partial charge in [-0.1, -0.05) is 6.07 Å². The molecule has 4 rings (SSSR count). The van der Waals surface area contributed by atoms with Gasteiger partial charge in [-0.05, 0) is 63.4 Å². The third kappa shape index (κ3) is 3.67. The highest BCUT2D eigenvalue weighted by Gasteiger charge is 2.30. The van der Waals surface area contributed by atoms with E-state index in [2.05, 4.69) is 59.5 Å². The highest BCUT2D eigenvalue weighted by molar-refractivity contribution is 5.56. The van der Waals surface area contributed by atoms with Gasteiger partial charge in [-0.2, -0.15) is 0 Å². The molecule has 0 unspecified atom stereocenters. The summed E-state index contributed by atoms with van der Waals surface area (Å²) in [4.78, 5) is 11.9. The molecule has 25 heavy (non-hydrogen) atoms. The largest absolute Gasteiger partial charge is 0.324 e. The van der Waals surface area contributed by atoms with Crippen LogP contribution in [0.1, 0.15) is 42.1 Å². The average Bonchev–Trinajstić information content (AvgIpc) is 2.97. The van der Waals surface area contributed by atoms with E-state index in [-0.39, 0.29) is 0 Å². The lowest BCUT2D eigenvalue weighted by Crippen LogP contribution is -2.45. The second kappa shape index (κ2) is 6.73. The van der Waals surface area contributed by atoms with Crippen LogP contribution in [0.4, 0.5) is 11.6 Å². The second-order valence-corrected chi connectivity index (χ2v) is 7.61. The third-order valence-corrected chi connectivity index (χ3v) is 5.27. The molecule has 2 aliphatic rings. The standard InChI is InChI=1S/C20H27N5/c1-13-6-14(2)8-17(7-13)23-20-22-10-16-11-25(12-19(16)24-20)18-4-5-21-15(3)9-18/h6-8,10,15,18,21H,4-5,9,11-12H2,1-3H3,(H,22,23,24)/t15-,18-/m0/s1. The number of aromatic nitrogens is 2. The molecule has 2 aliphatic heterocycles. The van der Waals surface area contributed by atoms with Gasteiger partial charge in [0, 0.05) is 42.6 Å². The molecule has 2 atom stereocenters. The van der Waals surface area contributed by atoms with Crippen LogP contribution in [0.5, 0.6) is 0 Å². The van der Waals surface area contributed by atoms with E-state index < -0.39 is 0 Å². The van der Waals surface area contributed by atoms with E-state index in [1.54, 1.807) is 0 Å². The molecule has 132 valence electrons. The molecule has 0 amide bonds. The van der Waals surface area contributed by atoms with Crippen molar-refractivity contribution < 1.29 is 0 Å². The lowest BCUT2D eigenvalue weighted by molar-refractivity contribution is 0.146. The van der Waals surface area contributed by atoms with E-state index in [9.17, 15) is 0 Å². The number of aryl methyl sites for hydroxylation is 2. The van der Waals surface area contributed by atoms with Gasteiger partial charge in [0.25, 0.3) is 0 Å². The van der Waals surface area contributed by atoms with Gasteiger partial charge in [-0.3, -0.25) is 4.90 Å². The van der Waals surface area contributed by atoms with Crippen LogP contribution in [0.3, 0.4) is 0 Å². The van der Waals surface area contributed by atoms with E-state index in [0.29, 0.717) is 18.0 Å². The first-order valence-corrected chi connectivity index (χ1v) is 9.24. The highest BCUT2D eigenvalue weighted by atomic mass is 15.2. The van der Waals surface area contributed by atoms with Crippen molar-refractivity contribution in [2.45, 2.75) is 58.8 Å². The second-order valence-electron chi connectivity index (χ2n) is 7.61. The van der Waals surface area contributed by atoms with Crippen molar-refractivity contribution in [1.29, 1.82) is 0 Å². The summed E-state index contributed by atoms with van der Waals surface area (Å²) in [6, 6.07) is 7.70. The van der Waals surface area contributed by atoms with Crippen molar-refractivity contribution in [3.05, 3.63) is 46.8 Å². The Labute approximate surface area is 149 Å². The van der Waals surface area contributed by atoms with Gasteiger partial charge in [0.2, 0.25) is 5.95 Å². The summed E-state index contributed by atoms with van der Waals surface area (Å²) in [5, 5.41) is 6.90. The molecule has 3 heterocycles. The molecular weight excluding hydrogens is 310 g/mol.